The van der Waals surface area contributed by atoms with Gasteiger partial charge in [0.2, 0.25) is 0 Å². The smallest absolute Gasteiger partial charge is 0.133 e. The largest absolute Gasteiger partial charge is 0.303 e. The molecule has 2 aliphatic rings. The third-order valence-electron chi connectivity index (χ3n) is 4.09. The van der Waals surface area contributed by atoms with Crippen LogP contribution in [-0.2, 0) is 4.79 Å². The predicted octanol–water partition coefficient (Wildman–Crippen LogP) is 1.38. The van der Waals surface area contributed by atoms with E-state index in [0.717, 1.165) is 25.3 Å². The summed E-state index contributed by atoms with van der Waals surface area (Å²) in [6, 6.07) is 0. The van der Waals surface area contributed by atoms with Gasteiger partial charge in [-0.2, -0.15) is 0 Å². The summed E-state index contributed by atoms with van der Waals surface area (Å²) in [6.07, 6.45) is 7.79. The highest BCUT2D eigenvalue weighted by Crippen LogP contribution is 2.21. The van der Waals surface area contributed by atoms with E-state index < -0.39 is 0 Å². The van der Waals surface area contributed by atoms with Crippen LogP contribution in [-0.4, -0.2) is 55.4 Å². The maximum atomic E-state index is 10.4. The average molecular weight is 224 g/mol. The normalized spacial score (nSPS) is 25.0. The first-order chi connectivity index (χ1) is 7.88. The van der Waals surface area contributed by atoms with Crippen molar-refractivity contribution in [2.24, 2.45) is 5.92 Å². The van der Waals surface area contributed by atoms with E-state index in [1.54, 1.807) is 0 Å². The Kier molecular flexibility index (Phi) is 4.79. The van der Waals surface area contributed by atoms with Crippen LogP contribution in [0, 0.1) is 5.92 Å². The van der Waals surface area contributed by atoms with Crippen LogP contribution in [0.3, 0.4) is 0 Å². The highest BCUT2D eigenvalue weighted by molar-refractivity contribution is 5.51. The zero-order valence-electron chi connectivity index (χ0n) is 10.2. The van der Waals surface area contributed by atoms with Crippen molar-refractivity contribution in [2.75, 3.05) is 39.3 Å². The molecule has 0 saturated carbocycles. The average Bonchev–Trinajstić information content (AvgIpc) is 2.82. The first-order valence-electron chi connectivity index (χ1n) is 6.77. The number of aldehydes is 1. The van der Waals surface area contributed by atoms with Crippen LogP contribution >= 0.6 is 0 Å². The molecule has 0 atom stereocenters. The van der Waals surface area contributed by atoms with Crippen LogP contribution in [0.15, 0.2) is 0 Å². The van der Waals surface area contributed by atoms with Gasteiger partial charge in [-0.05, 0) is 70.7 Å². The molecule has 0 spiro atoms. The minimum atomic E-state index is 0.638. The monoisotopic (exact) mass is 224 g/mol. The van der Waals surface area contributed by atoms with E-state index in [0.29, 0.717) is 6.54 Å². The molecule has 0 radical (unpaired) electrons. The lowest BCUT2D eigenvalue weighted by Crippen LogP contribution is -2.36. The third kappa shape index (κ3) is 3.56. The number of hydrogen-bond donors (Lipinski definition) is 0. The molecule has 0 N–H and O–H groups in total. The zero-order chi connectivity index (χ0) is 11.2. The first kappa shape index (κ1) is 12.1. The van der Waals surface area contributed by atoms with Crippen molar-refractivity contribution >= 4 is 6.29 Å². The molecule has 0 aliphatic carbocycles. The maximum Gasteiger partial charge on any atom is 0.133 e. The van der Waals surface area contributed by atoms with Gasteiger partial charge in [0.1, 0.15) is 6.29 Å². The van der Waals surface area contributed by atoms with Crippen LogP contribution in [0.1, 0.15) is 32.1 Å². The number of carbonyl (C=O) groups excluding carboxylic acids is 1. The van der Waals surface area contributed by atoms with Gasteiger partial charge in [-0.25, -0.2) is 0 Å². The van der Waals surface area contributed by atoms with Crippen molar-refractivity contribution in [1.82, 2.24) is 9.80 Å². The molecule has 2 rings (SSSR count). The predicted molar refractivity (Wildman–Crippen MR) is 65.5 cm³/mol. The highest BCUT2D eigenvalue weighted by atomic mass is 16.1. The number of hydrogen-bond acceptors (Lipinski definition) is 3. The zero-order valence-corrected chi connectivity index (χ0v) is 10.2. The van der Waals surface area contributed by atoms with Gasteiger partial charge in [0, 0.05) is 0 Å². The second-order valence-corrected chi connectivity index (χ2v) is 5.25. The first-order valence-corrected chi connectivity index (χ1v) is 6.77. The van der Waals surface area contributed by atoms with E-state index in [4.69, 9.17) is 0 Å². The quantitative estimate of drug-likeness (QED) is 0.659. The highest BCUT2D eigenvalue weighted by Gasteiger charge is 2.20. The Bertz CT molecular complexity index is 206. The number of nitrogens with zero attached hydrogens (tertiary/aromatic N) is 2. The van der Waals surface area contributed by atoms with E-state index in [9.17, 15) is 4.79 Å². The lowest BCUT2D eigenvalue weighted by Gasteiger charge is -2.31. The van der Waals surface area contributed by atoms with E-state index in [-0.39, 0.29) is 0 Å². The minimum Gasteiger partial charge on any atom is -0.303 e. The standard InChI is InChI=1S/C13H24N2O/c16-12-11-15-9-4-13(5-10-15)3-8-14-6-1-2-7-14/h12-13H,1-11H2. The summed E-state index contributed by atoms with van der Waals surface area (Å²) in [5.74, 6) is 0.906. The van der Waals surface area contributed by atoms with Crippen molar-refractivity contribution < 1.29 is 4.79 Å². The topological polar surface area (TPSA) is 23.6 Å². The van der Waals surface area contributed by atoms with Gasteiger partial charge in [0.05, 0.1) is 6.54 Å². The molecule has 2 aliphatic heterocycles. The Morgan fingerprint density at radius 3 is 2.31 bits per heavy atom. The maximum absolute atomic E-state index is 10.4. The second kappa shape index (κ2) is 6.36. The number of likely N-dealkylation sites (tertiary alicyclic amines) is 2. The molecule has 2 saturated heterocycles. The Morgan fingerprint density at radius 1 is 1.00 bits per heavy atom. The van der Waals surface area contributed by atoms with Gasteiger partial charge >= 0.3 is 0 Å². The summed E-state index contributed by atoms with van der Waals surface area (Å²) in [5.41, 5.74) is 0. The summed E-state index contributed by atoms with van der Waals surface area (Å²) in [5, 5.41) is 0. The summed E-state index contributed by atoms with van der Waals surface area (Å²) in [7, 11) is 0. The van der Waals surface area contributed by atoms with Crippen molar-refractivity contribution in [2.45, 2.75) is 32.1 Å². The van der Waals surface area contributed by atoms with Gasteiger partial charge in [0.25, 0.3) is 0 Å². The molecule has 0 aromatic heterocycles. The Balaban J connectivity index is 1.59. The summed E-state index contributed by atoms with van der Waals surface area (Å²) >= 11 is 0. The molecule has 0 aromatic rings. The van der Waals surface area contributed by atoms with Crippen LogP contribution < -0.4 is 0 Å². The fourth-order valence-corrected chi connectivity index (χ4v) is 2.93. The minimum absolute atomic E-state index is 0.638. The van der Waals surface area contributed by atoms with Gasteiger partial charge < -0.3 is 9.69 Å². The molecule has 0 unspecified atom stereocenters. The molecule has 16 heavy (non-hydrogen) atoms. The SMILES string of the molecule is O=CCN1CCC(CCN2CCCC2)CC1. The van der Waals surface area contributed by atoms with Crippen LogP contribution in [0.25, 0.3) is 0 Å². The number of rotatable bonds is 5. The summed E-state index contributed by atoms with van der Waals surface area (Å²) in [6.45, 7) is 6.85. The molecule has 92 valence electrons. The number of piperidine rings is 1. The van der Waals surface area contributed by atoms with Crippen molar-refractivity contribution in [3.63, 3.8) is 0 Å². The molecule has 0 bridgehead atoms. The Morgan fingerprint density at radius 2 is 1.69 bits per heavy atom. The second-order valence-electron chi connectivity index (χ2n) is 5.25. The molecule has 2 fully saturated rings. The van der Waals surface area contributed by atoms with Crippen molar-refractivity contribution in [3.05, 3.63) is 0 Å². The fourth-order valence-electron chi connectivity index (χ4n) is 2.93. The van der Waals surface area contributed by atoms with E-state index >= 15 is 0 Å². The lowest BCUT2D eigenvalue weighted by atomic mass is 9.93. The molecule has 0 amide bonds. The molecule has 2 heterocycles. The van der Waals surface area contributed by atoms with Gasteiger partial charge in [-0.1, -0.05) is 0 Å². The Hall–Kier alpha value is -0.410. The van der Waals surface area contributed by atoms with Crippen LogP contribution in [0.4, 0.5) is 0 Å². The Labute approximate surface area is 98.8 Å². The van der Waals surface area contributed by atoms with Gasteiger partial charge in [-0.3, -0.25) is 4.90 Å². The van der Waals surface area contributed by atoms with Crippen LogP contribution in [0.2, 0.25) is 0 Å². The number of carbonyl (C=O) groups is 1. The van der Waals surface area contributed by atoms with Crippen LogP contribution in [0.5, 0.6) is 0 Å². The van der Waals surface area contributed by atoms with E-state index in [2.05, 4.69) is 9.80 Å². The van der Waals surface area contributed by atoms with Gasteiger partial charge in [-0.15, -0.1) is 0 Å². The summed E-state index contributed by atoms with van der Waals surface area (Å²) in [4.78, 5) is 15.3. The van der Waals surface area contributed by atoms with Crippen molar-refractivity contribution in [1.29, 1.82) is 0 Å². The van der Waals surface area contributed by atoms with Gasteiger partial charge in [0.15, 0.2) is 0 Å². The molecular weight excluding hydrogens is 200 g/mol. The summed E-state index contributed by atoms with van der Waals surface area (Å²) < 4.78 is 0. The molecule has 3 heteroatoms. The fraction of sp³-hybridized carbons (Fsp3) is 0.923. The molecular formula is C13H24N2O. The molecule has 0 aromatic carbocycles. The van der Waals surface area contributed by atoms with Crippen molar-refractivity contribution in [3.8, 4) is 0 Å². The molecule has 3 nitrogen and oxygen atoms in total. The third-order valence-corrected chi connectivity index (χ3v) is 4.09. The van der Waals surface area contributed by atoms with E-state index in [1.807, 2.05) is 0 Å². The lowest BCUT2D eigenvalue weighted by molar-refractivity contribution is -0.109. The van der Waals surface area contributed by atoms with E-state index in [1.165, 1.54) is 51.7 Å².